The number of nitrogens with zero attached hydrogens (tertiary/aromatic N) is 5. The van der Waals surface area contributed by atoms with Gasteiger partial charge in [0.2, 0.25) is 0 Å². The first kappa shape index (κ1) is 13.6. The summed E-state index contributed by atoms with van der Waals surface area (Å²) in [4.78, 5) is 10.6. The zero-order valence-electron chi connectivity index (χ0n) is 12.2. The molecule has 1 saturated heterocycles. The van der Waals surface area contributed by atoms with E-state index in [9.17, 15) is 0 Å². The number of nitriles is 1. The Morgan fingerprint density at radius 1 is 1.29 bits per heavy atom. The topological polar surface area (TPSA) is 69.8 Å². The van der Waals surface area contributed by atoms with Gasteiger partial charge in [0, 0.05) is 44.0 Å². The van der Waals surface area contributed by atoms with Crippen molar-refractivity contribution in [3.05, 3.63) is 42.2 Å². The number of nitrogens with one attached hydrogen (secondary N) is 1. The standard InChI is InChI=1S/C15H18N6/c1-20-8-13(15-7-17-10-21(15)2)14(9-20)19-12-4-3-11(5-16)18-6-12/h3-4,6-7,10,13-14,19H,8-9H2,1-2H3/t13-,14-/m1/s1. The van der Waals surface area contributed by atoms with Crippen molar-refractivity contribution in [3.63, 3.8) is 0 Å². The second-order valence-corrected chi connectivity index (χ2v) is 5.55. The fourth-order valence-corrected chi connectivity index (χ4v) is 2.93. The minimum Gasteiger partial charge on any atom is -0.379 e. The molecule has 21 heavy (non-hydrogen) atoms. The Balaban J connectivity index is 1.79. The minimum absolute atomic E-state index is 0.306. The van der Waals surface area contributed by atoms with Crippen LogP contribution in [0.25, 0.3) is 0 Å². The van der Waals surface area contributed by atoms with Crippen LogP contribution in [0.4, 0.5) is 5.69 Å². The van der Waals surface area contributed by atoms with Crippen molar-refractivity contribution in [2.24, 2.45) is 7.05 Å². The van der Waals surface area contributed by atoms with E-state index in [1.807, 2.05) is 31.7 Å². The number of anilines is 1. The van der Waals surface area contributed by atoms with Crippen molar-refractivity contribution in [1.82, 2.24) is 19.4 Å². The third-order valence-electron chi connectivity index (χ3n) is 3.97. The summed E-state index contributed by atoms with van der Waals surface area (Å²) in [7, 11) is 4.16. The van der Waals surface area contributed by atoms with Crippen LogP contribution in [0.3, 0.4) is 0 Å². The van der Waals surface area contributed by atoms with Gasteiger partial charge in [-0.05, 0) is 19.2 Å². The molecule has 0 bridgehead atoms. The Kier molecular flexibility index (Phi) is 3.59. The van der Waals surface area contributed by atoms with Gasteiger partial charge in [0.1, 0.15) is 11.8 Å². The summed E-state index contributed by atoms with van der Waals surface area (Å²) in [5.41, 5.74) is 2.62. The molecule has 1 N–H and O–H groups in total. The third-order valence-corrected chi connectivity index (χ3v) is 3.97. The van der Waals surface area contributed by atoms with Crippen LogP contribution >= 0.6 is 0 Å². The number of likely N-dealkylation sites (N-methyl/N-ethyl adjacent to an activating group) is 1. The largest absolute Gasteiger partial charge is 0.379 e. The Bertz CT molecular complexity index is 654. The molecule has 108 valence electrons. The van der Waals surface area contributed by atoms with Gasteiger partial charge in [0.05, 0.1) is 18.2 Å². The highest BCUT2D eigenvalue weighted by Gasteiger charge is 2.33. The molecule has 0 radical (unpaired) electrons. The molecule has 0 unspecified atom stereocenters. The maximum atomic E-state index is 8.80. The van der Waals surface area contributed by atoms with Crippen molar-refractivity contribution in [2.45, 2.75) is 12.0 Å². The van der Waals surface area contributed by atoms with E-state index in [2.05, 4.69) is 31.8 Å². The summed E-state index contributed by atoms with van der Waals surface area (Å²) in [5.74, 6) is 0.387. The quantitative estimate of drug-likeness (QED) is 0.916. The SMILES string of the molecule is CN1C[C@@H](Nc2ccc(C#N)nc2)[C@H](c2cncn2C)C1. The second-order valence-electron chi connectivity index (χ2n) is 5.55. The first-order chi connectivity index (χ1) is 10.2. The van der Waals surface area contributed by atoms with Crippen LogP contribution in [0, 0.1) is 11.3 Å². The monoisotopic (exact) mass is 282 g/mol. The van der Waals surface area contributed by atoms with E-state index in [1.165, 1.54) is 5.69 Å². The average Bonchev–Trinajstić information content (AvgIpc) is 3.05. The van der Waals surface area contributed by atoms with E-state index in [0.29, 0.717) is 17.7 Å². The predicted octanol–water partition coefficient (Wildman–Crippen LogP) is 1.20. The highest BCUT2D eigenvalue weighted by Crippen LogP contribution is 2.28. The van der Waals surface area contributed by atoms with Crippen LogP contribution in [-0.2, 0) is 7.05 Å². The van der Waals surface area contributed by atoms with Crippen LogP contribution in [0.5, 0.6) is 0 Å². The van der Waals surface area contributed by atoms with Gasteiger partial charge in [0.15, 0.2) is 0 Å². The van der Waals surface area contributed by atoms with E-state index in [0.717, 1.165) is 18.8 Å². The lowest BCUT2D eigenvalue weighted by atomic mass is 10.00. The fourth-order valence-electron chi connectivity index (χ4n) is 2.93. The molecule has 2 aromatic heterocycles. The lowest BCUT2D eigenvalue weighted by Crippen LogP contribution is -2.28. The molecule has 2 atom stereocenters. The summed E-state index contributed by atoms with van der Waals surface area (Å²) >= 11 is 0. The molecular weight excluding hydrogens is 264 g/mol. The number of rotatable bonds is 3. The lowest BCUT2D eigenvalue weighted by Gasteiger charge is -2.21. The van der Waals surface area contributed by atoms with Gasteiger partial charge in [-0.1, -0.05) is 0 Å². The highest BCUT2D eigenvalue weighted by molar-refractivity contribution is 5.45. The number of aromatic nitrogens is 3. The normalized spacial score (nSPS) is 22.1. The Labute approximate surface area is 124 Å². The molecule has 0 spiro atoms. The molecule has 0 aliphatic carbocycles. The van der Waals surface area contributed by atoms with Gasteiger partial charge < -0.3 is 14.8 Å². The molecule has 1 fully saturated rings. The lowest BCUT2D eigenvalue weighted by molar-refractivity contribution is 0.408. The molecule has 2 aromatic rings. The van der Waals surface area contributed by atoms with Crippen molar-refractivity contribution >= 4 is 5.69 Å². The molecule has 1 aliphatic rings. The number of hydrogen-bond donors (Lipinski definition) is 1. The average molecular weight is 282 g/mol. The molecule has 0 amide bonds. The van der Waals surface area contributed by atoms with E-state index >= 15 is 0 Å². The summed E-state index contributed by atoms with van der Waals surface area (Å²) in [5, 5.41) is 12.3. The maximum Gasteiger partial charge on any atom is 0.140 e. The molecule has 0 aromatic carbocycles. The molecule has 1 aliphatic heterocycles. The van der Waals surface area contributed by atoms with Crippen LogP contribution in [0.15, 0.2) is 30.9 Å². The van der Waals surface area contributed by atoms with Crippen LogP contribution in [-0.4, -0.2) is 45.6 Å². The fraction of sp³-hybridized carbons (Fsp3) is 0.400. The summed E-state index contributed by atoms with van der Waals surface area (Å²) < 4.78 is 2.08. The Morgan fingerprint density at radius 2 is 2.14 bits per heavy atom. The maximum absolute atomic E-state index is 8.80. The van der Waals surface area contributed by atoms with Gasteiger partial charge in [-0.15, -0.1) is 0 Å². The number of likely N-dealkylation sites (tertiary alicyclic amines) is 1. The summed E-state index contributed by atoms with van der Waals surface area (Å²) in [6.07, 6.45) is 5.50. The van der Waals surface area contributed by atoms with Gasteiger partial charge >= 0.3 is 0 Å². The van der Waals surface area contributed by atoms with E-state index in [-0.39, 0.29) is 0 Å². The van der Waals surface area contributed by atoms with Crippen molar-refractivity contribution in [1.29, 1.82) is 5.26 Å². The number of aryl methyl sites for hydroxylation is 1. The number of hydrogen-bond acceptors (Lipinski definition) is 5. The summed E-state index contributed by atoms with van der Waals surface area (Å²) in [6, 6.07) is 5.98. The van der Waals surface area contributed by atoms with E-state index in [4.69, 9.17) is 5.26 Å². The first-order valence-electron chi connectivity index (χ1n) is 6.95. The van der Waals surface area contributed by atoms with Gasteiger partial charge in [-0.25, -0.2) is 9.97 Å². The Morgan fingerprint density at radius 3 is 2.76 bits per heavy atom. The summed E-state index contributed by atoms with van der Waals surface area (Å²) in [6.45, 7) is 1.97. The first-order valence-corrected chi connectivity index (χ1v) is 6.95. The van der Waals surface area contributed by atoms with Crippen molar-refractivity contribution in [3.8, 4) is 6.07 Å². The zero-order valence-corrected chi connectivity index (χ0v) is 12.2. The predicted molar refractivity (Wildman–Crippen MR) is 79.8 cm³/mol. The molecule has 6 nitrogen and oxygen atoms in total. The smallest absolute Gasteiger partial charge is 0.140 e. The number of imidazole rings is 1. The van der Waals surface area contributed by atoms with E-state index in [1.54, 1.807) is 12.3 Å². The van der Waals surface area contributed by atoms with Crippen molar-refractivity contribution in [2.75, 3.05) is 25.5 Å². The van der Waals surface area contributed by atoms with Gasteiger partial charge in [0.25, 0.3) is 0 Å². The van der Waals surface area contributed by atoms with Crippen molar-refractivity contribution < 1.29 is 0 Å². The molecular formula is C15H18N6. The molecule has 0 saturated carbocycles. The molecule has 3 heterocycles. The highest BCUT2D eigenvalue weighted by atomic mass is 15.2. The van der Waals surface area contributed by atoms with Gasteiger partial charge in [-0.3, -0.25) is 0 Å². The molecule has 3 rings (SSSR count). The van der Waals surface area contributed by atoms with Crippen LogP contribution < -0.4 is 5.32 Å². The minimum atomic E-state index is 0.306. The van der Waals surface area contributed by atoms with Crippen LogP contribution in [0.1, 0.15) is 17.3 Å². The second kappa shape index (κ2) is 5.54. The zero-order chi connectivity index (χ0) is 14.8. The van der Waals surface area contributed by atoms with Gasteiger partial charge in [-0.2, -0.15) is 5.26 Å². The van der Waals surface area contributed by atoms with E-state index < -0.39 is 0 Å². The number of pyridine rings is 1. The Hall–Kier alpha value is -2.39. The van der Waals surface area contributed by atoms with Crippen LogP contribution in [0.2, 0.25) is 0 Å². The third kappa shape index (κ3) is 2.73. The molecule has 6 heteroatoms.